The van der Waals surface area contributed by atoms with Crippen molar-refractivity contribution in [2.24, 2.45) is 63.3 Å². The molecule has 1 aromatic carbocycles. The summed E-state index contributed by atoms with van der Waals surface area (Å²) in [4.78, 5) is 143. The number of primary amides is 1. The van der Waals surface area contributed by atoms with Crippen LogP contribution in [0.4, 0.5) is 0 Å². The maximum Gasteiger partial charge on any atom is 0.245 e. The molecule has 0 saturated heterocycles. The van der Waals surface area contributed by atoms with E-state index < -0.39 is 125 Å². The van der Waals surface area contributed by atoms with E-state index in [1.807, 2.05) is 85.7 Å². The molecule has 1 aromatic rings. The van der Waals surface area contributed by atoms with Crippen LogP contribution in [0.15, 0.2) is 35.3 Å². The van der Waals surface area contributed by atoms with Gasteiger partial charge in [0, 0.05) is 13.1 Å². The van der Waals surface area contributed by atoms with Crippen molar-refractivity contribution in [2.45, 2.75) is 227 Å². The van der Waals surface area contributed by atoms with Crippen LogP contribution >= 0.6 is 0 Å². The molecule has 0 aliphatic heterocycles. The molecule has 0 heterocycles. The van der Waals surface area contributed by atoms with Crippen LogP contribution in [-0.2, 0) is 54.5 Å². The Bertz CT molecular complexity index is 2350. The first-order valence-electron chi connectivity index (χ1n) is 31.3. The Hall–Kier alpha value is -6.97. The Morgan fingerprint density at radius 2 is 0.818 bits per heavy atom. The number of aliphatic hydroxyl groups is 1. The molecule has 11 atom stereocenters. The topological polar surface area (TPSA) is 454 Å². The van der Waals surface area contributed by atoms with Crippen molar-refractivity contribution < 1.29 is 53.1 Å². The van der Waals surface area contributed by atoms with E-state index >= 15 is 0 Å². The number of benzene rings is 1. The molecular formula is C61H110N16O11. The molecule has 0 radical (unpaired) electrons. The normalized spacial score (nSPS) is 15.2. The molecule has 0 spiro atoms. The Kier molecular flexibility index (Phi) is 38.5. The molecule has 27 nitrogen and oxygen atoms in total. The number of hydrogen-bond donors (Lipinski definition) is 16. The molecule has 0 saturated carbocycles. The predicted molar refractivity (Wildman–Crippen MR) is 339 cm³/mol. The quantitative estimate of drug-likeness (QED) is 0.0223. The average molecular weight is 1240 g/mol. The molecule has 500 valence electrons. The van der Waals surface area contributed by atoms with E-state index in [-0.39, 0.29) is 107 Å². The first-order valence-corrected chi connectivity index (χ1v) is 31.3. The molecule has 0 unspecified atom stereocenters. The van der Waals surface area contributed by atoms with Crippen LogP contribution in [0.5, 0.6) is 0 Å². The van der Waals surface area contributed by atoms with E-state index in [9.17, 15) is 53.1 Å². The lowest BCUT2D eigenvalue weighted by molar-refractivity contribution is -0.137. The second-order valence-electron chi connectivity index (χ2n) is 24.6. The van der Waals surface area contributed by atoms with Gasteiger partial charge in [-0.15, -0.1) is 0 Å². The number of amides is 10. The van der Waals surface area contributed by atoms with Gasteiger partial charge in [-0.05, 0) is 132 Å². The minimum absolute atomic E-state index is 0.00684. The Balaban J connectivity index is 3.59. The van der Waals surface area contributed by atoms with Gasteiger partial charge >= 0.3 is 0 Å². The summed E-state index contributed by atoms with van der Waals surface area (Å²) in [7, 11) is 0. The Morgan fingerprint density at radius 1 is 0.455 bits per heavy atom. The van der Waals surface area contributed by atoms with E-state index in [0.717, 1.165) is 5.56 Å². The van der Waals surface area contributed by atoms with Gasteiger partial charge in [-0.3, -0.25) is 52.9 Å². The molecule has 0 bridgehead atoms. The monoisotopic (exact) mass is 1240 g/mol. The van der Waals surface area contributed by atoms with Crippen LogP contribution < -0.4 is 81.8 Å². The van der Waals surface area contributed by atoms with Crippen molar-refractivity contribution in [3.8, 4) is 0 Å². The molecular weight excluding hydrogens is 1130 g/mol. The standard InChI is InChI=1S/C61H110N16O11/c1-12-39(10)50(59(87)72-43(24-17-19-27-63)55(83)77-51(40(11)78)60(88)75-48(32-38(8)9)58(86)73-45(52(64)80)29-35(2)3)76-54(82)44(25-20-28-68-61(65)66)70-53(81)42(23-16-18-26-62)71-57(85)47(31-37(6)7)74-56(84)46(30-36(4)5)69-49(79)34-67-33-41-21-14-13-15-22-41/h13-15,21-22,35-40,42-48,50-51,67,78H,12,16-20,23-34,62-63H2,1-11H3,(H2,64,80)(H,69,79)(H,70,81)(H,71,85)(H,72,87)(H,73,86)(H,74,84)(H,75,88)(H,76,82)(H,77,83)(H4,65,66,68)/t39-,40+,42-,43-,44-,45-,46-,47-,48-,50-,51-/m0/s1. The molecule has 21 N–H and O–H groups in total. The molecule has 88 heavy (non-hydrogen) atoms. The first-order chi connectivity index (χ1) is 41.4. The highest BCUT2D eigenvalue weighted by Crippen LogP contribution is 2.16. The summed E-state index contributed by atoms with van der Waals surface area (Å²) in [5, 5.41) is 38.5. The lowest BCUT2D eigenvalue weighted by Crippen LogP contribution is -2.62. The van der Waals surface area contributed by atoms with E-state index in [4.69, 9.17) is 28.7 Å². The zero-order valence-corrected chi connectivity index (χ0v) is 54.1. The molecule has 0 aliphatic rings. The number of nitrogens with two attached hydrogens (primary N) is 5. The van der Waals surface area contributed by atoms with Crippen molar-refractivity contribution in [1.82, 2.24) is 53.2 Å². The number of hydrogen-bond acceptors (Lipinski definition) is 15. The molecule has 27 heteroatoms. The highest BCUT2D eigenvalue weighted by atomic mass is 16.3. The maximum absolute atomic E-state index is 14.6. The largest absolute Gasteiger partial charge is 0.391 e. The van der Waals surface area contributed by atoms with Crippen molar-refractivity contribution in [1.29, 1.82) is 0 Å². The van der Waals surface area contributed by atoms with Crippen molar-refractivity contribution >= 4 is 65.0 Å². The van der Waals surface area contributed by atoms with Crippen molar-refractivity contribution in [3.05, 3.63) is 35.9 Å². The van der Waals surface area contributed by atoms with Gasteiger partial charge in [0.1, 0.15) is 54.4 Å². The van der Waals surface area contributed by atoms with E-state index in [1.54, 1.807) is 13.8 Å². The van der Waals surface area contributed by atoms with Gasteiger partial charge in [0.2, 0.25) is 59.1 Å². The highest BCUT2D eigenvalue weighted by Gasteiger charge is 2.37. The second kappa shape index (κ2) is 42.8. The third kappa shape index (κ3) is 32.3. The minimum Gasteiger partial charge on any atom is -0.391 e. The lowest BCUT2D eigenvalue weighted by atomic mass is 9.96. The van der Waals surface area contributed by atoms with Crippen molar-refractivity contribution in [2.75, 3.05) is 26.2 Å². The molecule has 1 rings (SSSR count). The number of unbranched alkanes of at least 4 members (excludes halogenated alkanes) is 2. The van der Waals surface area contributed by atoms with Gasteiger partial charge in [-0.2, -0.15) is 0 Å². The molecule has 10 amide bonds. The zero-order valence-electron chi connectivity index (χ0n) is 54.1. The SMILES string of the molecule is CC[C@H](C)[C@H](NC(=O)[C@H](CCCN=C(N)N)NC(=O)[C@H](CCCCN)NC(=O)[C@H](CC(C)C)NC(=O)[C@H](CC(C)C)NC(=O)CNCc1ccccc1)C(=O)N[C@@H](CCCCN)C(=O)N[C@H](C(=O)N[C@@H](CC(C)C)C(=O)N[C@@H](CC(C)C)C(N)=O)[C@@H](C)O. The zero-order chi connectivity index (χ0) is 66.6. The summed E-state index contributed by atoms with van der Waals surface area (Å²) in [6.45, 7) is 20.5. The summed E-state index contributed by atoms with van der Waals surface area (Å²) in [6, 6.07) is -1.76. The lowest BCUT2D eigenvalue weighted by Gasteiger charge is -2.30. The minimum atomic E-state index is -1.64. The van der Waals surface area contributed by atoms with E-state index in [2.05, 4.69) is 58.2 Å². The van der Waals surface area contributed by atoms with E-state index in [1.165, 1.54) is 6.92 Å². The number of aliphatic hydroxyl groups excluding tert-OH is 1. The third-order valence-electron chi connectivity index (χ3n) is 14.5. The predicted octanol–water partition coefficient (Wildman–Crippen LogP) is -0.452. The smallest absolute Gasteiger partial charge is 0.245 e. The van der Waals surface area contributed by atoms with E-state index in [0.29, 0.717) is 38.6 Å². The number of carbonyl (C=O) groups is 10. The van der Waals surface area contributed by atoms with Gasteiger partial charge in [-0.1, -0.05) is 106 Å². The highest BCUT2D eigenvalue weighted by molar-refractivity contribution is 5.98. The third-order valence-corrected chi connectivity index (χ3v) is 14.5. The number of carbonyl (C=O) groups excluding carboxylic acids is 10. The number of aliphatic imine (C=N–C) groups is 1. The fourth-order valence-corrected chi connectivity index (χ4v) is 9.51. The van der Waals surface area contributed by atoms with Gasteiger partial charge in [0.25, 0.3) is 0 Å². The summed E-state index contributed by atoms with van der Waals surface area (Å²) in [5.41, 5.74) is 29.4. The fourth-order valence-electron chi connectivity index (χ4n) is 9.51. The Labute approximate surface area is 521 Å². The second-order valence-corrected chi connectivity index (χ2v) is 24.6. The van der Waals surface area contributed by atoms with Crippen LogP contribution in [0.1, 0.15) is 165 Å². The maximum atomic E-state index is 14.6. The van der Waals surface area contributed by atoms with Crippen LogP contribution in [0.25, 0.3) is 0 Å². The fraction of sp³-hybridized carbons (Fsp3) is 0.721. The number of nitrogens with one attached hydrogen (secondary N) is 10. The summed E-state index contributed by atoms with van der Waals surface area (Å²) in [5.74, 6) is -8.35. The first kappa shape index (κ1) is 79.0. The average Bonchev–Trinajstić information content (AvgIpc) is 3.65. The molecule has 0 aliphatic carbocycles. The summed E-state index contributed by atoms with van der Waals surface area (Å²) >= 11 is 0. The van der Waals surface area contributed by atoms with Gasteiger partial charge in [0.15, 0.2) is 5.96 Å². The van der Waals surface area contributed by atoms with Gasteiger partial charge in [-0.25, -0.2) is 0 Å². The van der Waals surface area contributed by atoms with Crippen LogP contribution in [0.2, 0.25) is 0 Å². The summed E-state index contributed by atoms with van der Waals surface area (Å²) < 4.78 is 0. The number of nitrogens with zero attached hydrogens (tertiary/aromatic N) is 1. The van der Waals surface area contributed by atoms with Gasteiger partial charge < -0.3 is 86.9 Å². The van der Waals surface area contributed by atoms with Crippen LogP contribution in [-0.4, -0.2) is 157 Å². The van der Waals surface area contributed by atoms with Crippen LogP contribution in [0, 0.1) is 29.6 Å². The number of guanidine groups is 1. The number of rotatable bonds is 45. The summed E-state index contributed by atoms with van der Waals surface area (Å²) in [6.07, 6.45) is 1.45. The molecule has 0 aromatic heterocycles. The molecule has 0 fully saturated rings. The van der Waals surface area contributed by atoms with Crippen LogP contribution in [0.3, 0.4) is 0 Å². The van der Waals surface area contributed by atoms with Gasteiger partial charge in [0.05, 0.1) is 12.6 Å². The van der Waals surface area contributed by atoms with Crippen molar-refractivity contribution in [3.63, 3.8) is 0 Å². The Morgan fingerprint density at radius 3 is 1.24 bits per heavy atom.